The van der Waals surface area contributed by atoms with E-state index in [-0.39, 0.29) is 10.7 Å². The third-order valence-electron chi connectivity index (χ3n) is 2.85. The minimum Gasteiger partial charge on any atom is -0.477 e. The molecule has 0 aliphatic carbocycles. The third-order valence-corrected chi connectivity index (χ3v) is 4.04. The molecule has 0 aliphatic rings. The van der Waals surface area contributed by atoms with Gasteiger partial charge in [0.05, 0.1) is 0 Å². The Labute approximate surface area is 111 Å². The lowest BCUT2D eigenvalue weighted by Gasteiger charge is -1.98. The van der Waals surface area contributed by atoms with Gasteiger partial charge >= 0.3 is 5.97 Å². The van der Waals surface area contributed by atoms with Crippen LogP contribution in [0.3, 0.4) is 0 Å². The van der Waals surface area contributed by atoms with Crippen molar-refractivity contribution in [1.82, 2.24) is 9.78 Å². The number of fused-ring (bicyclic) bond motifs is 1. The maximum absolute atomic E-state index is 13.8. The van der Waals surface area contributed by atoms with E-state index >= 15 is 0 Å². The molecule has 3 rings (SSSR count). The number of rotatable bonds is 2. The van der Waals surface area contributed by atoms with Crippen molar-refractivity contribution in [3.8, 4) is 11.3 Å². The molecule has 4 nitrogen and oxygen atoms in total. The van der Waals surface area contributed by atoms with Crippen LogP contribution in [-0.4, -0.2) is 20.9 Å². The van der Waals surface area contributed by atoms with Gasteiger partial charge in [0.25, 0.3) is 0 Å². The second-order valence-corrected chi connectivity index (χ2v) is 5.12. The van der Waals surface area contributed by atoms with Crippen LogP contribution in [0.15, 0.2) is 30.3 Å². The van der Waals surface area contributed by atoms with Gasteiger partial charge in [-0.1, -0.05) is 12.1 Å². The standard InChI is InChI=1S/C13H9FN2O2S/c1-16-12-8(6-10(19-12)13(17)18)11(15-16)7-4-2-3-5-9(7)14/h2-6H,1H3,(H,17,18). The van der Waals surface area contributed by atoms with Crippen LogP contribution in [0.2, 0.25) is 0 Å². The SMILES string of the molecule is Cn1nc(-c2ccccc2F)c2cc(C(=O)O)sc21. The van der Waals surface area contributed by atoms with E-state index in [1.165, 1.54) is 12.1 Å². The molecular formula is C13H9FN2O2S. The number of thiophene rings is 1. The second kappa shape index (κ2) is 4.17. The molecule has 19 heavy (non-hydrogen) atoms. The highest BCUT2D eigenvalue weighted by Crippen LogP contribution is 2.34. The number of aromatic carboxylic acids is 1. The van der Waals surface area contributed by atoms with Crippen LogP contribution in [0.5, 0.6) is 0 Å². The van der Waals surface area contributed by atoms with Gasteiger partial charge in [-0.2, -0.15) is 5.10 Å². The van der Waals surface area contributed by atoms with Crippen molar-refractivity contribution < 1.29 is 14.3 Å². The van der Waals surface area contributed by atoms with Gasteiger partial charge in [0, 0.05) is 18.0 Å². The number of carboxylic acid groups (broad SMARTS) is 1. The summed E-state index contributed by atoms with van der Waals surface area (Å²) in [5.41, 5.74) is 0.849. The second-order valence-electron chi connectivity index (χ2n) is 4.09. The molecule has 1 N–H and O–H groups in total. The predicted molar refractivity (Wildman–Crippen MR) is 70.9 cm³/mol. The summed E-state index contributed by atoms with van der Waals surface area (Å²) < 4.78 is 15.4. The number of hydrogen-bond acceptors (Lipinski definition) is 3. The Morgan fingerprint density at radius 1 is 1.42 bits per heavy atom. The predicted octanol–water partition coefficient (Wildman–Crippen LogP) is 3.14. The fourth-order valence-corrected chi connectivity index (χ4v) is 2.91. The fourth-order valence-electron chi connectivity index (χ4n) is 2.00. The topological polar surface area (TPSA) is 55.1 Å². The van der Waals surface area contributed by atoms with Crippen molar-refractivity contribution >= 4 is 27.5 Å². The lowest BCUT2D eigenvalue weighted by atomic mass is 10.1. The van der Waals surface area contributed by atoms with E-state index in [0.717, 1.165) is 16.2 Å². The van der Waals surface area contributed by atoms with Gasteiger partial charge in [-0.3, -0.25) is 4.68 Å². The van der Waals surface area contributed by atoms with E-state index in [9.17, 15) is 9.18 Å². The lowest BCUT2D eigenvalue weighted by molar-refractivity contribution is 0.0702. The Morgan fingerprint density at radius 3 is 2.84 bits per heavy atom. The normalized spacial score (nSPS) is 11.1. The molecule has 0 atom stereocenters. The molecule has 0 amide bonds. The van der Waals surface area contributed by atoms with Gasteiger partial charge < -0.3 is 5.11 Å². The smallest absolute Gasteiger partial charge is 0.345 e. The highest BCUT2D eigenvalue weighted by molar-refractivity contribution is 7.20. The third kappa shape index (κ3) is 1.80. The number of aromatic nitrogens is 2. The zero-order valence-electron chi connectivity index (χ0n) is 9.92. The minimum absolute atomic E-state index is 0.223. The molecule has 3 aromatic rings. The molecule has 0 bridgehead atoms. The Morgan fingerprint density at radius 2 is 2.16 bits per heavy atom. The van der Waals surface area contributed by atoms with Gasteiger partial charge in [-0.05, 0) is 18.2 Å². The summed E-state index contributed by atoms with van der Waals surface area (Å²) in [6, 6.07) is 7.87. The van der Waals surface area contributed by atoms with Gasteiger partial charge in [0.2, 0.25) is 0 Å². The first-order chi connectivity index (χ1) is 9.08. The van der Waals surface area contributed by atoms with Gasteiger partial charge in [-0.15, -0.1) is 11.3 Å². The summed E-state index contributed by atoms with van der Waals surface area (Å²) in [6.45, 7) is 0. The van der Waals surface area contributed by atoms with E-state index < -0.39 is 5.97 Å². The number of carbonyl (C=O) groups is 1. The van der Waals surface area contributed by atoms with Crippen molar-refractivity contribution in [2.24, 2.45) is 7.05 Å². The van der Waals surface area contributed by atoms with Gasteiger partial charge in [0.1, 0.15) is 21.2 Å². The number of halogens is 1. The van der Waals surface area contributed by atoms with Gasteiger partial charge in [0.15, 0.2) is 0 Å². The molecule has 0 aliphatic heterocycles. The minimum atomic E-state index is -0.985. The molecule has 0 fully saturated rings. The summed E-state index contributed by atoms with van der Waals surface area (Å²) in [6.07, 6.45) is 0. The van der Waals surface area contributed by atoms with Crippen molar-refractivity contribution in [2.45, 2.75) is 0 Å². The Hall–Kier alpha value is -2.21. The molecule has 0 saturated carbocycles. The number of aryl methyl sites for hydroxylation is 1. The summed E-state index contributed by atoms with van der Waals surface area (Å²) in [7, 11) is 1.72. The molecule has 2 aromatic heterocycles. The molecule has 1 aromatic carbocycles. The lowest BCUT2D eigenvalue weighted by Crippen LogP contribution is -1.93. The van der Waals surface area contributed by atoms with Crippen LogP contribution in [-0.2, 0) is 7.05 Å². The van der Waals surface area contributed by atoms with Crippen LogP contribution in [0.25, 0.3) is 21.5 Å². The maximum Gasteiger partial charge on any atom is 0.345 e. The summed E-state index contributed by atoms with van der Waals surface area (Å²) in [4.78, 5) is 11.9. The summed E-state index contributed by atoms with van der Waals surface area (Å²) in [5.74, 6) is -1.36. The van der Waals surface area contributed by atoms with E-state index in [1.807, 2.05) is 0 Å². The Balaban J connectivity index is 2.30. The highest BCUT2D eigenvalue weighted by Gasteiger charge is 2.18. The number of benzene rings is 1. The Kier molecular flexibility index (Phi) is 2.60. The summed E-state index contributed by atoms with van der Waals surface area (Å²) in [5, 5.41) is 14.0. The zero-order valence-corrected chi connectivity index (χ0v) is 10.7. The average Bonchev–Trinajstić information content (AvgIpc) is 2.92. The largest absolute Gasteiger partial charge is 0.477 e. The maximum atomic E-state index is 13.8. The molecular weight excluding hydrogens is 267 g/mol. The van der Waals surface area contributed by atoms with Crippen molar-refractivity contribution in [3.63, 3.8) is 0 Å². The fraction of sp³-hybridized carbons (Fsp3) is 0.0769. The first kappa shape index (κ1) is 11.9. The van der Waals surface area contributed by atoms with E-state index in [0.29, 0.717) is 16.6 Å². The van der Waals surface area contributed by atoms with Crippen LogP contribution in [0.4, 0.5) is 4.39 Å². The van der Waals surface area contributed by atoms with E-state index in [1.54, 1.807) is 29.9 Å². The summed E-state index contributed by atoms with van der Waals surface area (Å²) >= 11 is 1.13. The first-order valence-corrected chi connectivity index (χ1v) is 6.34. The average molecular weight is 276 g/mol. The number of nitrogens with zero attached hydrogens (tertiary/aromatic N) is 2. The van der Waals surface area contributed by atoms with Crippen LogP contribution in [0.1, 0.15) is 9.67 Å². The monoisotopic (exact) mass is 276 g/mol. The van der Waals surface area contributed by atoms with Crippen molar-refractivity contribution in [2.75, 3.05) is 0 Å². The molecule has 0 spiro atoms. The highest BCUT2D eigenvalue weighted by atomic mass is 32.1. The van der Waals surface area contributed by atoms with Crippen LogP contribution >= 0.6 is 11.3 Å². The quantitative estimate of drug-likeness (QED) is 0.782. The van der Waals surface area contributed by atoms with E-state index in [2.05, 4.69) is 5.10 Å². The van der Waals surface area contributed by atoms with E-state index in [4.69, 9.17) is 5.11 Å². The van der Waals surface area contributed by atoms with Crippen LogP contribution in [0, 0.1) is 5.82 Å². The molecule has 0 saturated heterocycles. The van der Waals surface area contributed by atoms with Crippen LogP contribution < -0.4 is 0 Å². The molecule has 96 valence electrons. The first-order valence-electron chi connectivity index (χ1n) is 5.52. The zero-order chi connectivity index (χ0) is 13.6. The van der Waals surface area contributed by atoms with Crippen molar-refractivity contribution in [3.05, 3.63) is 41.0 Å². The molecule has 0 radical (unpaired) electrons. The van der Waals surface area contributed by atoms with Gasteiger partial charge in [-0.25, -0.2) is 9.18 Å². The molecule has 0 unspecified atom stereocenters. The Bertz CT molecular complexity index is 791. The molecule has 6 heteroatoms. The molecule has 2 heterocycles. The number of hydrogen-bond donors (Lipinski definition) is 1. The van der Waals surface area contributed by atoms with Crippen molar-refractivity contribution in [1.29, 1.82) is 0 Å². The number of carboxylic acids is 1.